The summed E-state index contributed by atoms with van der Waals surface area (Å²) in [6, 6.07) is 5.02. The first kappa shape index (κ1) is 14.7. The van der Waals surface area contributed by atoms with E-state index in [0.717, 1.165) is 13.1 Å². The molecule has 0 saturated carbocycles. The summed E-state index contributed by atoms with van der Waals surface area (Å²) >= 11 is 0. The molecule has 5 nitrogen and oxygen atoms in total. The van der Waals surface area contributed by atoms with Gasteiger partial charge in [0.05, 0.1) is 18.2 Å². The molecular formula is C14H17N3O2. The summed E-state index contributed by atoms with van der Waals surface area (Å²) in [5, 5.41) is 9.93. The minimum atomic E-state index is -0.481. The van der Waals surface area contributed by atoms with Crippen molar-refractivity contribution < 1.29 is 9.53 Å². The van der Waals surface area contributed by atoms with Crippen molar-refractivity contribution in [1.82, 2.24) is 5.01 Å². The molecule has 100 valence electrons. The van der Waals surface area contributed by atoms with Crippen LogP contribution < -0.4 is 0 Å². The Kier molecular flexibility index (Phi) is 5.55. The smallest absolute Gasteiger partial charge is 0.340 e. The first-order chi connectivity index (χ1) is 9.17. The second-order valence-corrected chi connectivity index (χ2v) is 3.67. The van der Waals surface area contributed by atoms with E-state index < -0.39 is 5.97 Å². The third-order valence-corrected chi connectivity index (χ3v) is 2.60. The van der Waals surface area contributed by atoms with Crippen LogP contribution in [0.1, 0.15) is 29.8 Å². The molecule has 0 fully saturated rings. The molecular weight excluding hydrogens is 242 g/mol. The second-order valence-electron chi connectivity index (χ2n) is 3.67. The molecule has 1 rings (SSSR count). The molecule has 0 atom stereocenters. The summed E-state index contributed by atoms with van der Waals surface area (Å²) in [6.45, 7) is 5.39. The maximum atomic E-state index is 11.7. The fourth-order valence-electron chi connectivity index (χ4n) is 1.50. The SMILES string of the molecule is C#Cc1cccc(C(=O)OC)c1/N=N/N(CC)CC. The molecule has 19 heavy (non-hydrogen) atoms. The average Bonchev–Trinajstić information content (AvgIpc) is 2.47. The van der Waals surface area contributed by atoms with E-state index in [1.165, 1.54) is 7.11 Å². The van der Waals surface area contributed by atoms with E-state index in [-0.39, 0.29) is 0 Å². The molecule has 0 aromatic heterocycles. The van der Waals surface area contributed by atoms with Gasteiger partial charge in [0, 0.05) is 13.1 Å². The van der Waals surface area contributed by atoms with Crippen molar-refractivity contribution in [2.45, 2.75) is 13.8 Å². The van der Waals surface area contributed by atoms with E-state index in [4.69, 9.17) is 11.2 Å². The molecule has 1 aromatic rings. The number of methoxy groups -OCH3 is 1. The highest BCUT2D eigenvalue weighted by Crippen LogP contribution is 2.25. The molecule has 0 radical (unpaired) electrons. The third kappa shape index (κ3) is 3.55. The normalized spacial score (nSPS) is 10.2. The van der Waals surface area contributed by atoms with Gasteiger partial charge in [-0.05, 0) is 26.0 Å². The Labute approximate surface area is 113 Å². The highest BCUT2D eigenvalue weighted by atomic mass is 16.5. The molecule has 5 heteroatoms. The number of nitrogens with zero attached hydrogens (tertiary/aromatic N) is 3. The van der Waals surface area contributed by atoms with Crippen LogP contribution in [0.15, 0.2) is 28.5 Å². The van der Waals surface area contributed by atoms with Crippen molar-refractivity contribution in [3.63, 3.8) is 0 Å². The topological polar surface area (TPSA) is 54.3 Å². The van der Waals surface area contributed by atoms with Gasteiger partial charge in [-0.1, -0.05) is 17.2 Å². The first-order valence-corrected chi connectivity index (χ1v) is 6.02. The van der Waals surface area contributed by atoms with E-state index in [2.05, 4.69) is 16.3 Å². The Morgan fingerprint density at radius 3 is 2.63 bits per heavy atom. The van der Waals surface area contributed by atoms with Crippen molar-refractivity contribution in [1.29, 1.82) is 0 Å². The molecule has 1 aromatic carbocycles. The van der Waals surface area contributed by atoms with Crippen molar-refractivity contribution in [2.24, 2.45) is 10.3 Å². The lowest BCUT2D eigenvalue weighted by Crippen LogP contribution is -2.14. The number of esters is 1. The summed E-state index contributed by atoms with van der Waals surface area (Å²) in [7, 11) is 1.32. The van der Waals surface area contributed by atoms with Crippen molar-refractivity contribution in [3.05, 3.63) is 29.3 Å². The van der Waals surface area contributed by atoms with Crippen LogP contribution in [-0.2, 0) is 4.74 Å². The lowest BCUT2D eigenvalue weighted by molar-refractivity contribution is 0.0601. The number of terminal acetylenes is 1. The zero-order chi connectivity index (χ0) is 14.3. The number of hydrogen-bond acceptors (Lipinski definition) is 4. The van der Waals surface area contributed by atoms with E-state index in [1.807, 2.05) is 13.8 Å². The average molecular weight is 259 g/mol. The van der Waals surface area contributed by atoms with Gasteiger partial charge < -0.3 is 4.74 Å². The molecule has 0 aliphatic carbocycles. The van der Waals surface area contributed by atoms with Gasteiger partial charge in [0.2, 0.25) is 0 Å². The second kappa shape index (κ2) is 7.17. The van der Waals surface area contributed by atoms with Crippen molar-refractivity contribution >= 4 is 11.7 Å². The number of carbonyl (C=O) groups excluding carboxylic acids is 1. The van der Waals surface area contributed by atoms with Crippen LogP contribution in [0.25, 0.3) is 0 Å². The van der Waals surface area contributed by atoms with Crippen LogP contribution in [0.3, 0.4) is 0 Å². The van der Waals surface area contributed by atoms with Crippen LogP contribution in [0.4, 0.5) is 5.69 Å². The minimum absolute atomic E-state index is 0.314. The molecule has 0 amide bonds. The Balaban J connectivity index is 3.23. The van der Waals surface area contributed by atoms with E-state index >= 15 is 0 Å². The zero-order valence-electron chi connectivity index (χ0n) is 11.4. The largest absolute Gasteiger partial charge is 0.465 e. The van der Waals surface area contributed by atoms with Gasteiger partial charge in [0.15, 0.2) is 0 Å². The number of benzene rings is 1. The highest BCUT2D eigenvalue weighted by Gasteiger charge is 2.14. The van der Waals surface area contributed by atoms with Crippen molar-refractivity contribution in [3.8, 4) is 12.3 Å². The van der Waals surface area contributed by atoms with Gasteiger partial charge in [0.25, 0.3) is 0 Å². The highest BCUT2D eigenvalue weighted by molar-refractivity contribution is 5.96. The van der Waals surface area contributed by atoms with Crippen LogP contribution in [0, 0.1) is 12.3 Å². The van der Waals surface area contributed by atoms with Crippen LogP contribution in [0.5, 0.6) is 0 Å². The van der Waals surface area contributed by atoms with Gasteiger partial charge in [0.1, 0.15) is 5.69 Å². The monoisotopic (exact) mass is 259 g/mol. The minimum Gasteiger partial charge on any atom is -0.465 e. The van der Waals surface area contributed by atoms with Gasteiger partial charge in [-0.15, -0.1) is 11.5 Å². The third-order valence-electron chi connectivity index (χ3n) is 2.60. The predicted molar refractivity (Wildman–Crippen MR) is 73.2 cm³/mol. The number of rotatable bonds is 5. The van der Waals surface area contributed by atoms with Crippen LogP contribution >= 0.6 is 0 Å². The number of ether oxygens (including phenoxy) is 1. The molecule has 0 heterocycles. The molecule has 0 N–H and O–H groups in total. The van der Waals surface area contributed by atoms with Crippen LogP contribution in [0.2, 0.25) is 0 Å². The summed E-state index contributed by atoms with van der Waals surface area (Å²) in [6.07, 6.45) is 5.42. The lowest BCUT2D eigenvalue weighted by atomic mass is 10.1. The van der Waals surface area contributed by atoms with Gasteiger partial charge >= 0.3 is 5.97 Å². The van der Waals surface area contributed by atoms with E-state index in [0.29, 0.717) is 16.8 Å². The summed E-state index contributed by atoms with van der Waals surface area (Å²) in [5.74, 6) is 2.01. The standard InChI is InChI=1S/C14H17N3O2/c1-5-11-9-8-10-12(14(18)19-4)13(11)15-16-17(6-2)7-3/h1,8-10H,6-7H2,2-4H3/b16-15+. The molecule has 0 aliphatic rings. The Hall–Kier alpha value is -2.35. The molecule has 0 bridgehead atoms. The first-order valence-electron chi connectivity index (χ1n) is 6.02. The Bertz CT molecular complexity index is 514. The Morgan fingerprint density at radius 1 is 1.42 bits per heavy atom. The molecule has 0 aliphatic heterocycles. The fourth-order valence-corrected chi connectivity index (χ4v) is 1.50. The zero-order valence-corrected chi connectivity index (χ0v) is 11.4. The molecule has 0 saturated heterocycles. The summed E-state index contributed by atoms with van der Waals surface area (Å²) in [4.78, 5) is 11.7. The van der Waals surface area contributed by atoms with Gasteiger partial charge in [-0.25, -0.2) is 4.79 Å². The van der Waals surface area contributed by atoms with Crippen molar-refractivity contribution in [2.75, 3.05) is 20.2 Å². The van der Waals surface area contributed by atoms with Gasteiger partial charge in [-0.3, -0.25) is 5.01 Å². The van der Waals surface area contributed by atoms with Gasteiger partial charge in [-0.2, -0.15) is 0 Å². The summed E-state index contributed by atoms with van der Waals surface area (Å²) in [5.41, 5.74) is 1.19. The molecule has 0 spiro atoms. The quantitative estimate of drug-likeness (QED) is 0.353. The number of carbonyl (C=O) groups is 1. The fraction of sp³-hybridized carbons (Fsp3) is 0.357. The molecule has 0 unspecified atom stereocenters. The Morgan fingerprint density at radius 2 is 2.11 bits per heavy atom. The van der Waals surface area contributed by atoms with E-state index in [9.17, 15) is 4.79 Å². The maximum Gasteiger partial charge on any atom is 0.340 e. The maximum absolute atomic E-state index is 11.7. The van der Waals surface area contributed by atoms with Crippen LogP contribution in [-0.4, -0.2) is 31.2 Å². The summed E-state index contributed by atoms with van der Waals surface area (Å²) < 4.78 is 4.71. The predicted octanol–water partition coefficient (Wildman–Crippen LogP) is 2.80. The lowest BCUT2D eigenvalue weighted by Gasteiger charge is -2.12. The van der Waals surface area contributed by atoms with E-state index in [1.54, 1.807) is 23.2 Å². The number of hydrogen-bond donors (Lipinski definition) is 0.